The summed E-state index contributed by atoms with van der Waals surface area (Å²) in [5.41, 5.74) is 0.954. The average molecular weight is 290 g/mol. The van der Waals surface area contributed by atoms with Gasteiger partial charge in [0, 0.05) is 13.1 Å². The van der Waals surface area contributed by atoms with Crippen molar-refractivity contribution in [1.29, 1.82) is 0 Å². The van der Waals surface area contributed by atoms with Gasteiger partial charge in [0.1, 0.15) is 0 Å². The molecule has 0 aliphatic carbocycles. The van der Waals surface area contributed by atoms with Gasteiger partial charge in [-0.25, -0.2) is 0 Å². The zero-order valence-electron chi connectivity index (χ0n) is 10.6. The standard InChI is InChI=1S/C13H17Cl2NO2/c1-3-18-12(17)7-8-16(2)9-10-5-4-6-11(14)13(10)15/h4-6H,3,7-9H2,1-2H3. The van der Waals surface area contributed by atoms with Gasteiger partial charge in [0.2, 0.25) is 0 Å². The molecule has 5 heteroatoms. The maximum atomic E-state index is 11.2. The molecule has 0 saturated heterocycles. The van der Waals surface area contributed by atoms with Gasteiger partial charge in [-0.2, -0.15) is 0 Å². The van der Waals surface area contributed by atoms with E-state index in [0.717, 1.165) is 5.56 Å². The second-order valence-corrected chi connectivity index (χ2v) is 4.79. The Kier molecular flexibility index (Phi) is 6.47. The Hall–Kier alpha value is -0.770. The lowest BCUT2D eigenvalue weighted by atomic mass is 10.2. The van der Waals surface area contributed by atoms with Crippen molar-refractivity contribution in [3.63, 3.8) is 0 Å². The zero-order valence-corrected chi connectivity index (χ0v) is 12.1. The molecule has 0 heterocycles. The molecule has 0 aromatic heterocycles. The molecule has 0 amide bonds. The predicted molar refractivity (Wildman–Crippen MR) is 74.0 cm³/mol. The number of carbonyl (C=O) groups excluding carboxylic acids is 1. The van der Waals surface area contributed by atoms with Gasteiger partial charge in [0.15, 0.2) is 0 Å². The minimum absolute atomic E-state index is 0.179. The summed E-state index contributed by atoms with van der Waals surface area (Å²) in [7, 11) is 1.93. The molecule has 0 aliphatic heterocycles. The first kappa shape index (κ1) is 15.3. The molecule has 0 spiro atoms. The van der Waals surface area contributed by atoms with Crippen LogP contribution in [0, 0.1) is 0 Å². The van der Waals surface area contributed by atoms with E-state index in [0.29, 0.717) is 36.2 Å². The highest BCUT2D eigenvalue weighted by atomic mass is 35.5. The van der Waals surface area contributed by atoms with Crippen LogP contribution >= 0.6 is 23.2 Å². The maximum Gasteiger partial charge on any atom is 0.307 e. The number of ether oxygens (including phenoxy) is 1. The molecule has 0 saturated carbocycles. The fourth-order valence-electron chi connectivity index (χ4n) is 1.56. The molecule has 0 fully saturated rings. The van der Waals surface area contributed by atoms with Gasteiger partial charge in [-0.3, -0.25) is 4.79 Å². The molecule has 3 nitrogen and oxygen atoms in total. The summed E-state index contributed by atoms with van der Waals surface area (Å²) in [6, 6.07) is 5.55. The van der Waals surface area contributed by atoms with E-state index in [-0.39, 0.29) is 5.97 Å². The fourth-order valence-corrected chi connectivity index (χ4v) is 1.94. The molecule has 1 aromatic rings. The minimum atomic E-state index is -0.179. The molecule has 0 atom stereocenters. The monoisotopic (exact) mass is 289 g/mol. The van der Waals surface area contributed by atoms with Crippen LogP contribution in [0.2, 0.25) is 10.0 Å². The largest absolute Gasteiger partial charge is 0.466 e. The van der Waals surface area contributed by atoms with E-state index < -0.39 is 0 Å². The second kappa shape index (κ2) is 7.62. The smallest absolute Gasteiger partial charge is 0.307 e. The normalized spacial score (nSPS) is 10.7. The third-order valence-electron chi connectivity index (χ3n) is 2.47. The van der Waals surface area contributed by atoms with Crippen molar-refractivity contribution < 1.29 is 9.53 Å². The van der Waals surface area contributed by atoms with Gasteiger partial charge in [-0.05, 0) is 25.6 Å². The maximum absolute atomic E-state index is 11.2. The van der Waals surface area contributed by atoms with Crippen LogP contribution in [-0.4, -0.2) is 31.1 Å². The molecule has 1 aromatic carbocycles. The van der Waals surface area contributed by atoms with Crippen molar-refractivity contribution in [1.82, 2.24) is 4.90 Å². The van der Waals surface area contributed by atoms with E-state index in [4.69, 9.17) is 27.9 Å². The Bertz CT molecular complexity index is 410. The number of halogens is 2. The van der Waals surface area contributed by atoms with Crippen LogP contribution in [-0.2, 0) is 16.1 Å². The lowest BCUT2D eigenvalue weighted by Crippen LogP contribution is -2.22. The van der Waals surface area contributed by atoms with Crippen LogP contribution in [0.25, 0.3) is 0 Å². The second-order valence-electron chi connectivity index (χ2n) is 4.01. The lowest BCUT2D eigenvalue weighted by Gasteiger charge is -2.17. The molecular weight excluding hydrogens is 273 g/mol. The van der Waals surface area contributed by atoms with Gasteiger partial charge in [0.25, 0.3) is 0 Å². The Labute approximate surface area is 118 Å². The van der Waals surface area contributed by atoms with Gasteiger partial charge in [-0.15, -0.1) is 0 Å². The van der Waals surface area contributed by atoms with Gasteiger partial charge in [-0.1, -0.05) is 35.3 Å². The summed E-state index contributed by atoms with van der Waals surface area (Å²) in [5, 5.41) is 1.12. The number of benzene rings is 1. The van der Waals surface area contributed by atoms with E-state index in [2.05, 4.69) is 0 Å². The molecular formula is C13H17Cl2NO2. The number of nitrogens with zero attached hydrogens (tertiary/aromatic N) is 1. The highest BCUT2D eigenvalue weighted by Crippen LogP contribution is 2.26. The number of hydrogen-bond donors (Lipinski definition) is 0. The van der Waals surface area contributed by atoms with E-state index in [1.165, 1.54) is 0 Å². The lowest BCUT2D eigenvalue weighted by molar-refractivity contribution is -0.143. The zero-order chi connectivity index (χ0) is 13.5. The average Bonchev–Trinajstić information content (AvgIpc) is 2.33. The summed E-state index contributed by atoms with van der Waals surface area (Å²) in [6.45, 7) is 3.50. The molecule has 0 N–H and O–H groups in total. The van der Waals surface area contributed by atoms with Gasteiger partial charge in [0.05, 0.1) is 23.1 Å². The van der Waals surface area contributed by atoms with Gasteiger partial charge < -0.3 is 9.64 Å². The van der Waals surface area contributed by atoms with E-state index in [1.807, 2.05) is 24.1 Å². The predicted octanol–water partition coefficient (Wildman–Crippen LogP) is 3.38. The Morgan fingerprint density at radius 2 is 2.11 bits per heavy atom. The summed E-state index contributed by atoms with van der Waals surface area (Å²) >= 11 is 12.0. The number of esters is 1. The van der Waals surface area contributed by atoms with Crippen LogP contribution in [0.5, 0.6) is 0 Å². The van der Waals surface area contributed by atoms with Crippen LogP contribution in [0.1, 0.15) is 18.9 Å². The topological polar surface area (TPSA) is 29.5 Å². The summed E-state index contributed by atoms with van der Waals surface area (Å²) in [4.78, 5) is 13.2. The van der Waals surface area contributed by atoms with Crippen molar-refractivity contribution in [3.8, 4) is 0 Å². The van der Waals surface area contributed by atoms with E-state index >= 15 is 0 Å². The molecule has 0 bridgehead atoms. The summed E-state index contributed by atoms with van der Waals surface area (Å²) < 4.78 is 4.87. The van der Waals surface area contributed by atoms with Crippen molar-refractivity contribution in [3.05, 3.63) is 33.8 Å². The van der Waals surface area contributed by atoms with Crippen molar-refractivity contribution in [2.24, 2.45) is 0 Å². The molecule has 0 aliphatic rings. The van der Waals surface area contributed by atoms with Crippen LogP contribution in [0.3, 0.4) is 0 Å². The number of hydrogen-bond acceptors (Lipinski definition) is 3. The number of rotatable bonds is 6. The van der Waals surface area contributed by atoms with Crippen LogP contribution in [0.15, 0.2) is 18.2 Å². The molecule has 100 valence electrons. The molecule has 0 unspecified atom stereocenters. The summed E-state index contributed by atoms with van der Waals surface area (Å²) in [6.07, 6.45) is 0.378. The highest BCUT2D eigenvalue weighted by Gasteiger charge is 2.09. The third kappa shape index (κ3) is 4.84. The first-order valence-electron chi connectivity index (χ1n) is 5.81. The van der Waals surface area contributed by atoms with Gasteiger partial charge >= 0.3 is 5.97 Å². The molecule has 0 radical (unpaired) electrons. The van der Waals surface area contributed by atoms with E-state index in [9.17, 15) is 4.79 Å². The quantitative estimate of drug-likeness (QED) is 0.752. The Balaban J connectivity index is 2.47. The first-order valence-corrected chi connectivity index (χ1v) is 6.57. The highest BCUT2D eigenvalue weighted by molar-refractivity contribution is 6.42. The molecule has 18 heavy (non-hydrogen) atoms. The van der Waals surface area contributed by atoms with Crippen LogP contribution < -0.4 is 0 Å². The van der Waals surface area contributed by atoms with E-state index in [1.54, 1.807) is 13.0 Å². The van der Waals surface area contributed by atoms with Crippen LogP contribution in [0.4, 0.5) is 0 Å². The SMILES string of the molecule is CCOC(=O)CCN(C)Cc1cccc(Cl)c1Cl. The summed E-state index contributed by atoms with van der Waals surface area (Å²) in [5.74, 6) is -0.179. The first-order chi connectivity index (χ1) is 8.54. The fraction of sp³-hybridized carbons (Fsp3) is 0.462. The molecule has 1 rings (SSSR count). The number of carbonyl (C=O) groups is 1. The van der Waals surface area contributed by atoms with Crippen molar-refractivity contribution >= 4 is 29.2 Å². The third-order valence-corrected chi connectivity index (χ3v) is 3.33. The Morgan fingerprint density at radius 1 is 1.39 bits per heavy atom. The Morgan fingerprint density at radius 3 is 2.78 bits per heavy atom. The van der Waals surface area contributed by atoms with Crippen molar-refractivity contribution in [2.45, 2.75) is 19.9 Å². The minimum Gasteiger partial charge on any atom is -0.466 e. The van der Waals surface area contributed by atoms with Crippen molar-refractivity contribution in [2.75, 3.05) is 20.2 Å².